The third-order valence-electron chi connectivity index (χ3n) is 7.40. The van der Waals surface area contributed by atoms with Crippen LogP contribution in [0.1, 0.15) is 59.3 Å². The van der Waals surface area contributed by atoms with Gasteiger partial charge < -0.3 is 14.6 Å². The zero-order valence-corrected chi connectivity index (χ0v) is 27.6. The van der Waals surface area contributed by atoms with E-state index in [1.165, 1.54) is 29.1 Å². The lowest BCUT2D eigenvalue weighted by atomic mass is 9.96. The van der Waals surface area contributed by atoms with Gasteiger partial charge in [0, 0.05) is 21.7 Å². The number of aromatic nitrogens is 2. The monoisotopic (exact) mass is 698 g/mol. The molecule has 0 aliphatic carbocycles. The number of nitro benzene ring substituents is 1. The minimum atomic E-state index is -1.11. The topological polar surface area (TPSA) is 146 Å². The zero-order valence-electron chi connectivity index (χ0n) is 26.1. The molecule has 5 aromatic rings. The highest BCUT2D eigenvalue weighted by Gasteiger charge is 2.22. The molecule has 0 saturated carbocycles. The molecule has 5 rings (SSSR count). The minimum Gasteiger partial charge on any atom is -0.494 e. The van der Waals surface area contributed by atoms with Gasteiger partial charge in [-0.2, -0.15) is 9.78 Å². The molecule has 1 N–H and O–H groups in total. The third kappa shape index (κ3) is 7.07. The molecule has 1 heterocycles. The summed E-state index contributed by atoms with van der Waals surface area (Å²) < 4.78 is 13.4. The maximum atomic E-state index is 14.0. The molecule has 0 saturated heterocycles. The fourth-order valence-corrected chi connectivity index (χ4v) is 5.60. The van der Waals surface area contributed by atoms with Crippen molar-refractivity contribution in [2.75, 3.05) is 6.61 Å². The van der Waals surface area contributed by atoms with E-state index < -0.39 is 16.5 Å². The van der Waals surface area contributed by atoms with Gasteiger partial charge in [0.2, 0.25) is 5.75 Å². The number of aromatic carboxylic acids is 1. The first-order valence-electron chi connectivity index (χ1n) is 14.7. The van der Waals surface area contributed by atoms with Gasteiger partial charge in [-0.1, -0.05) is 54.0 Å². The van der Waals surface area contributed by atoms with Gasteiger partial charge in [0.05, 0.1) is 34.2 Å². The molecular formula is C35H31BrN4O7. The van der Waals surface area contributed by atoms with Crippen LogP contribution in [0.4, 0.5) is 5.69 Å². The number of hydrogen-bond donors (Lipinski definition) is 1. The summed E-state index contributed by atoms with van der Waals surface area (Å²) in [7, 11) is 0. The van der Waals surface area contributed by atoms with Crippen LogP contribution in [0.3, 0.4) is 0 Å². The molecule has 0 bridgehead atoms. The Labute approximate surface area is 278 Å². The summed E-state index contributed by atoms with van der Waals surface area (Å²) in [5, 5.41) is 26.4. The molecule has 0 unspecified atom stereocenters. The summed E-state index contributed by atoms with van der Waals surface area (Å²) in [6.07, 6.45) is 1.31. The Bertz CT molecular complexity index is 2110. The first-order chi connectivity index (χ1) is 22.5. The molecule has 0 aliphatic heterocycles. The first kappa shape index (κ1) is 33.0. The number of carboxylic acids is 1. The molecule has 12 heteroatoms. The van der Waals surface area contributed by atoms with Gasteiger partial charge in [0.15, 0.2) is 5.82 Å². The molecule has 11 nitrogen and oxygen atoms in total. The van der Waals surface area contributed by atoms with E-state index in [2.05, 4.69) is 34.9 Å². The van der Waals surface area contributed by atoms with Gasteiger partial charge in [-0.3, -0.25) is 14.9 Å². The van der Waals surface area contributed by atoms with E-state index in [9.17, 15) is 24.8 Å². The average Bonchev–Trinajstić information content (AvgIpc) is 3.03. The lowest BCUT2D eigenvalue weighted by molar-refractivity contribution is -0.386. The molecule has 0 spiro atoms. The number of carbonyl (C=O) groups is 1. The van der Waals surface area contributed by atoms with Crippen LogP contribution in [0, 0.1) is 17.0 Å². The number of hydrogen-bond acceptors (Lipinski definition) is 8. The summed E-state index contributed by atoms with van der Waals surface area (Å²) in [5.74, 6) is -0.0738. The molecule has 0 fully saturated rings. The van der Waals surface area contributed by atoms with Gasteiger partial charge >= 0.3 is 11.7 Å². The fraction of sp³-hybridized carbons (Fsp3) is 0.200. The number of para-hydroxylation sites is 1. The van der Waals surface area contributed by atoms with Crippen molar-refractivity contribution in [1.29, 1.82) is 0 Å². The van der Waals surface area contributed by atoms with Gasteiger partial charge in [-0.25, -0.2) is 9.78 Å². The normalized spacial score (nSPS) is 11.4. The number of halogens is 1. The van der Waals surface area contributed by atoms with Crippen molar-refractivity contribution < 1.29 is 24.3 Å². The van der Waals surface area contributed by atoms with Crippen molar-refractivity contribution in [1.82, 2.24) is 9.66 Å². The number of fused-ring (bicyclic) bond motifs is 1. The van der Waals surface area contributed by atoms with Crippen molar-refractivity contribution in [3.63, 3.8) is 0 Å². The maximum Gasteiger partial charge on any atom is 0.335 e. The number of rotatable bonds is 11. The standard InChI is InChI=1S/C35H31BrN4O7/c1-5-46-31-13-21(4)28(17-27(31)20(2)3)33-38-29-12-7-6-11-26(29)34(41)39(33)37-18-24-15-25(36)16-30(40(44)45)32(24)47-19-22-9-8-10-23(14-22)35(42)43/h6-18,20H,5,19H2,1-4H3,(H,42,43). The van der Waals surface area contributed by atoms with Crippen molar-refractivity contribution in [2.24, 2.45) is 5.10 Å². The highest BCUT2D eigenvalue weighted by molar-refractivity contribution is 9.10. The van der Waals surface area contributed by atoms with Crippen LogP contribution in [-0.4, -0.2) is 38.5 Å². The molecule has 47 heavy (non-hydrogen) atoms. The van der Waals surface area contributed by atoms with Crippen LogP contribution in [-0.2, 0) is 6.61 Å². The first-order valence-corrected chi connectivity index (χ1v) is 15.5. The number of nitrogens with zero attached hydrogens (tertiary/aromatic N) is 4. The second-order valence-electron chi connectivity index (χ2n) is 11.0. The highest BCUT2D eigenvalue weighted by Crippen LogP contribution is 2.36. The highest BCUT2D eigenvalue weighted by atomic mass is 79.9. The van der Waals surface area contributed by atoms with E-state index in [0.717, 1.165) is 16.9 Å². The average molecular weight is 700 g/mol. The van der Waals surface area contributed by atoms with E-state index in [4.69, 9.17) is 14.5 Å². The Morgan fingerprint density at radius 3 is 2.57 bits per heavy atom. The number of ether oxygens (including phenoxy) is 2. The molecule has 0 atom stereocenters. The van der Waals surface area contributed by atoms with E-state index in [1.54, 1.807) is 42.5 Å². The number of carboxylic acid groups (broad SMARTS) is 1. The van der Waals surface area contributed by atoms with Gasteiger partial charge in [0.1, 0.15) is 12.4 Å². The van der Waals surface area contributed by atoms with E-state index in [1.807, 2.05) is 26.0 Å². The molecular weight excluding hydrogens is 668 g/mol. The summed E-state index contributed by atoms with van der Waals surface area (Å²) in [6, 6.07) is 19.8. The van der Waals surface area contributed by atoms with Gasteiger partial charge in [-0.05, 0) is 78.9 Å². The molecule has 0 amide bonds. The smallest absolute Gasteiger partial charge is 0.335 e. The Balaban J connectivity index is 1.68. The van der Waals surface area contributed by atoms with Crippen LogP contribution in [0.15, 0.2) is 87.2 Å². The Hall–Kier alpha value is -5.36. The quantitative estimate of drug-likeness (QED) is 0.0838. The largest absolute Gasteiger partial charge is 0.494 e. The predicted molar refractivity (Wildman–Crippen MR) is 183 cm³/mol. The second kappa shape index (κ2) is 14.0. The van der Waals surface area contributed by atoms with E-state index >= 15 is 0 Å². The molecule has 0 radical (unpaired) electrons. The number of aryl methyl sites for hydroxylation is 1. The Kier molecular flexibility index (Phi) is 9.80. The molecule has 4 aromatic carbocycles. The van der Waals surface area contributed by atoms with Crippen molar-refractivity contribution in [3.8, 4) is 22.9 Å². The van der Waals surface area contributed by atoms with Crippen molar-refractivity contribution in [2.45, 2.75) is 40.2 Å². The number of nitro groups is 1. The van der Waals surface area contributed by atoms with E-state index in [0.29, 0.717) is 33.1 Å². The lowest BCUT2D eigenvalue weighted by Gasteiger charge is -2.18. The van der Waals surface area contributed by atoms with E-state index in [-0.39, 0.29) is 40.9 Å². The summed E-state index contributed by atoms with van der Waals surface area (Å²) in [5.41, 5.74) is 2.90. The fourth-order valence-electron chi connectivity index (χ4n) is 5.13. The summed E-state index contributed by atoms with van der Waals surface area (Å²) >= 11 is 3.33. The summed E-state index contributed by atoms with van der Waals surface area (Å²) in [4.78, 5) is 41.8. The molecule has 1 aromatic heterocycles. The summed E-state index contributed by atoms with van der Waals surface area (Å²) in [6.45, 7) is 8.26. The lowest BCUT2D eigenvalue weighted by Crippen LogP contribution is -2.21. The molecule has 240 valence electrons. The van der Waals surface area contributed by atoms with Crippen molar-refractivity contribution >= 4 is 44.7 Å². The Morgan fingerprint density at radius 1 is 1.11 bits per heavy atom. The van der Waals surface area contributed by atoms with Crippen LogP contribution in [0.5, 0.6) is 11.5 Å². The maximum absolute atomic E-state index is 14.0. The Morgan fingerprint density at radius 2 is 1.87 bits per heavy atom. The van der Waals surface area contributed by atoms with Crippen LogP contribution >= 0.6 is 15.9 Å². The SMILES string of the molecule is CCOc1cc(C)c(-c2nc3ccccc3c(=O)n2N=Cc2cc(Br)cc([N+](=O)[O-])c2OCc2cccc(C(=O)O)c2)cc1C(C)C. The second-order valence-corrected chi connectivity index (χ2v) is 11.9. The molecule has 0 aliphatic rings. The number of benzene rings is 4. The minimum absolute atomic E-state index is 0.0547. The zero-order chi connectivity index (χ0) is 33.8. The van der Waals surface area contributed by atoms with Gasteiger partial charge in [0.25, 0.3) is 5.56 Å². The van der Waals surface area contributed by atoms with Crippen LogP contribution in [0.25, 0.3) is 22.3 Å². The predicted octanol–water partition coefficient (Wildman–Crippen LogP) is 7.72. The van der Waals surface area contributed by atoms with Crippen LogP contribution in [0.2, 0.25) is 0 Å². The third-order valence-corrected chi connectivity index (χ3v) is 7.86. The van der Waals surface area contributed by atoms with Crippen LogP contribution < -0.4 is 15.0 Å². The van der Waals surface area contributed by atoms with Gasteiger partial charge in [-0.15, -0.1) is 0 Å². The van der Waals surface area contributed by atoms with Crippen molar-refractivity contribution in [3.05, 3.63) is 126 Å².